The van der Waals surface area contributed by atoms with Crippen LogP contribution in [0.3, 0.4) is 0 Å². The van der Waals surface area contributed by atoms with E-state index in [2.05, 4.69) is 29.0 Å². The van der Waals surface area contributed by atoms with Gasteiger partial charge >= 0.3 is 0 Å². The summed E-state index contributed by atoms with van der Waals surface area (Å²) < 4.78 is 6.12. The van der Waals surface area contributed by atoms with Gasteiger partial charge in [0.1, 0.15) is 11.4 Å². The molecule has 3 aromatic rings. The van der Waals surface area contributed by atoms with Crippen molar-refractivity contribution in [1.82, 2.24) is 9.97 Å². The van der Waals surface area contributed by atoms with Crippen LogP contribution in [-0.2, 0) is 0 Å². The van der Waals surface area contributed by atoms with Gasteiger partial charge in [-0.15, -0.1) is 0 Å². The summed E-state index contributed by atoms with van der Waals surface area (Å²) in [5.74, 6) is 8.96. The fourth-order valence-electron chi connectivity index (χ4n) is 3.65. The van der Waals surface area contributed by atoms with Gasteiger partial charge in [-0.2, -0.15) is 4.98 Å². The second-order valence-electron chi connectivity index (χ2n) is 7.35. The summed E-state index contributed by atoms with van der Waals surface area (Å²) in [6.45, 7) is 2.13. The molecule has 6 nitrogen and oxygen atoms in total. The smallest absolute Gasteiger partial charge is 0.249 e. The predicted octanol–water partition coefficient (Wildman–Crippen LogP) is 5.13. The monoisotopic (exact) mass is 409 g/mol. The summed E-state index contributed by atoms with van der Waals surface area (Å²) in [7, 11) is 0. The number of ether oxygens (including phenoxy) is 1. The molecule has 0 aliphatic heterocycles. The van der Waals surface area contributed by atoms with Crippen LogP contribution in [0.4, 0.5) is 11.5 Å². The Labute approximate surface area is 175 Å². The molecule has 4 N–H and O–H groups in total. The summed E-state index contributed by atoms with van der Waals surface area (Å²) in [6.07, 6.45) is 5.50. The minimum atomic E-state index is 0.254. The molecule has 1 saturated carbocycles. The molecule has 0 saturated heterocycles. The molecule has 4 rings (SSSR count). The fourth-order valence-corrected chi connectivity index (χ4v) is 4.33. The molecule has 0 spiro atoms. The van der Waals surface area contributed by atoms with E-state index in [1.165, 1.54) is 12.8 Å². The third-order valence-corrected chi connectivity index (χ3v) is 6.26. The molecule has 2 aromatic carbocycles. The predicted molar refractivity (Wildman–Crippen MR) is 120 cm³/mol. The summed E-state index contributed by atoms with van der Waals surface area (Å²) in [4.78, 5) is 9.23. The number of benzene rings is 2. The zero-order valence-electron chi connectivity index (χ0n) is 16.7. The number of nitrogen functional groups attached to an aromatic ring is 1. The molecule has 7 heteroatoms. The van der Waals surface area contributed by atoms with Crippen LogP contribution in [0.5, 0.6) is 11.6 Å². The van der Waals surface area contributed by atoms with Crippen LogP contribution in [0.1, 0.15) is 39.0 Å². The van der Waals surface area contributed by atoms with Crippen LogP contribution in [0.15, 0.2) is 47.6 Å². The van der Waals surface area contributed by atoms with Gasteiger partial charge < -0.3 is 10.5 Å². The standard InChI is InChI=1S/C22H27N5OS/c1-2-13-29-22-25-20(27(24)17-9-5-6-10-17)19(23)21(26-22)28-18-12-11-15-7-3-4-8-16(15)14-18/h3-4,7-8,11-12,14,17H,2,5-6,9-10,13,23-24H2,1H3. The Morgan fingerprint density at radius 3 is 2.62 bits per heavy atom. The first kappa shape index (κ1) is 19.8. The minimum absolute atomic E-state index is 0.254. The number of aromatic nitrogens is 2. The third-order valence-electron chi connectivity index (χ3n) is 5.20. The summed E-state index contributed by atoms with van der Waals surface area (Å²) >= 11 is 1.59. The van der Waals surface area contributed by atoms with Crippen molar-refractivity contribution < 1.29 is 4.74 Å². The lowest BCUT2D eigenvalue weighted by atomic mass is 10.1. The van der Waals surface area contributed by atoms with Crippen LogP contribution in [0.2, 0.25) is 0 Å². The zero-order chi connectivity index (χ0) is 20.2. The van der Waals surface area contributed by atoms with Crippen molar-refractivity contribution in [3.8, 4) is 11.6 Å². The molecule has 1 heterocycles. The Balaban J connectivity index is 1.68. The minimum Gasteiger partial charge on any atom is -0.437 e. The first-order valence-electron chi connectivity index (χ1n) is 10.2. The van der Waals surface area contributed by atoms with E-state index < -0.39 is 0 Å². The SMILES string of the molecule is CCCSc1nc(Oc2ccc3ccccc3c2)c(N)c(N(N)C2CCCC2)n1. The molecular formula is C22H27N5OS. The Morgan fingerprint density at radius 1 is 1.10 bits per heavy atom. The van der Waals surface area contributed by atoms with Crippen molar-refractivity contribution in [2.24, 2.45) is 5.84 Å². The Kier molecular flexibility index (Phi) is 6.06. The van der Waals surface area contributed by atoms with Gasteiger partial charge in [0.05, 0.1) is 0 Å². The van der Waals surface area contributed by atoms with Gasteiger partial charge in [-0.05, 0) is 42.2 Å². The average molecular weight is 410 g/mol. The maximum atomic E-state index is 6.43. The van der Waals surface area contributed by atoms with Crippen molar-refractivity contribution in [3.63, 3.8) is 0 Å². The normalized spacial score (nSPS) is 14.4. The van der Waals surface area contributed by atoms with Crippen molar-refractivity contribution in [1.29, 1.82) is 0 Å². The molecule has 0 radical (unpaired) electrons. The number of nitrogens with two attached hydrogens (primary N) is 2. The average Bonchev–Trinajstić information content (AvgIpc) is 3.28. The molecule has 29 heavy (non-hydrogen) atoms. The molecule has 1 fully saturated rings. The maximum Gasteiger partial charge on any atom is 0.249 e. The van der Waals surface area contributed by atoms with E-state index in [9.17, 15) is 0 Å². The Bertz CT molecular complexity index is 990. The van der Waals surface area contributed by atoms with E-state index in [1.807, 2.05) is 30.3 Å². The molecule has 0 amide bonds. The molecule has 1 aromatic heterocycles. The van der Waals surface area contributed by atoms with Gasteiger partial charge in [0.25, 0.3) is 0 Å². The number of hydrogen-bond donors (Lipinski definition) is 2. The van der Waals surface area contributed by atoms with Gasteiger partial charge in [0.2, 0.25) is 5.88 Å². The highest BCUT2D eigenvalue weighted by Gasteiger charge is 2.26. The number of nitrogens with zero attached hydrogens (tertiary/aromatic N) is 3. The molecule has 1 aliphatic carbocycles. The van der Waals surface area contributed by atoms with Gasteiger partial charge in [-0.3, -0.25) is 5.01 Å². The second-order valence-corrected chi connectivity index (χ2v) is 8.42. The molecule has 1 aliphatic rings. The fraction of sp³-hybridized carbons (Fsp3) is 0.364. The van der Waals surface area contributed by atoms with E-state index in [0.29, 0.717) is 28.3 Å². The van der Waals surface area contributed by atoms with Gasteiger partial charge in [-0.25, -0.2) is 10.8 Å². The first-order chi connectivity index (χ1) is 14.2. The molecule has 0 bridgehead atoms. The van der Waals surface area contributed by atoms with Crippen LogP contribution in [0.25, 0.3) is 10.8 Å². The highest BCUT2D eigenvalue weighted by Crippen LogP contribution is 2.37. The van der Waals surface area contributed by atoms with Crippen molar-refractivity contribution in [3.05, 3.63) is 42.5 Å². The number of fused-ring (bicyclic) bond motifs is 1. The van der Waals surface area contributed by atoms with Crippen LogP contribution >= 0.6 is 11.8 Å². The van der Waals surface area contributed by atoms with Gasteiger partial charge in [-0.1, -0.05) is 61.9 Å². The lowest BCUT2D eigenvalue weighted by Crippen LogP contribution is -2.40. The van der Waals surface area contributed by atoms with Crippen LogP contribution in [0, 0.1) is 0 Å². The van der Waals surface area contributed by atoms with E-state index in [4.69, 9.17) is 16.3 Å². The first-order valence-corrected chi connectivity index (χ1v) is 11.1. The van der Waals surface area contributed by atoms with E-state index >= 15 is 0 Å². The van der Waals surface area contributed by atoms with E-state index in [0.717, 1.165) is 35.8 Å². The Morgan fingerprint density at radius 2 is 1.86 bits per heavy atom. The van der Waals surface area contributed by atoms with Crippen molar-refractivity contribution >= 4 is 34.0 Å². The molecule has 0 unspecified atom stereocenters. The van der Waals surface area contributed by atoms with Crippen molar-refractivity contribution in [2.45, 2.75) is 50.2 Å². The highest BCUT2D eigenvalue weighted by atomic mass is 32.2. The largest absolute Gasteiger partial charge is 0.437 e. The lowest BCUT2D eigenvalue weighted by molar-refractivity contribution is 0.458. The second kappa shape index (κ2) is 8.88. The summed E-state index contributed by atoms with van der Waals surface area (Å²) in [6, 6.07) is 14.4. The number of thioether (sulfide) groups is 1. The topological polar surface area (TPSA) is 90.3 Å². The highest BCUT2D eigenvalue weighted by molar-refractivity contribution is 7.99. The number of hydrogen-bond acceptors (Lipinski definition) is 7. The number of hydrazine groups is 1. The van der Waals surface area contributed by atoms with Gasteiger partial charge in [0, 0.05) is 11.8 Å². The Hall–Kier alpha value is -2.51. The third kappa shape index (κ3) is 4.41. The van der Waals surface area contributed by atoms with Crippen molar-refractivity contribution in [2.75, 3.05) is 16.5 Å². The molecular weight excluding hydrogens is 382 g/mol. The van der Waals surface area contributed by atoms with Crippen LogP contribution < -0.4 is 21.3 Å². The molecule has 152 valence electrons. The number of anilines is 2. The zero-order valence-corrected chi connectivity index (χ0v) is 17.5. The van der Waals surface area contributed by atoms with E-state index in [-0.39, 0.29) is 6.04 Å². The summed E-state index contributed by atoms with van der Waals surface area (Å²) in [5.41, 5.74) is 6.81. The maximum absolute atomic E-state index is 6.43. The number of rotatable bonds is 7. The lowest BCUT2D eigenvalue weighted by Gasteiger charge is -2.26. The summed E-state index contributed by atoms with van der Waals surface area (Å²) in [5, 5.41) is 4.61. The van der Waals surface area contributed by atoms with Crippen LogP contribution in [-0.4, -0.2) is 21.8 Å². The van der Waals surface area contributed by atoms with Gasteiger partial charge in [0.15, 0.2) is 11.0 Å². The van der Waals surface area contributed by atoms with E-state index in [1.54, 1.807) is 16.8 Å². The quantitative estimate of drug-likeness (QED) is 0.242. The molecule has 0 atom stereocenters.